The van der Waals surface area contributed by atoms with E-state index >= 15 is 0 Å². The number of para-hydroxylation sites is 2. The number of allylic oxidation sites excluding steroid dienone is 4. The first-order chi connectivity index (χ1) is 17.3. The summed E-state index contributed by atoms with van der Waals surface area (Å²) in [5, 5.41) is 24.3. The van der Waals surface area contributed by atoms with E-state index in [4.69, 9.17) is 0 Å². The molecule has 0 fully saturated rings. The summed E-state index contributed by atoms with van der Waals surface area (Å²) in [4.78, 5) is 25.7. The standard InChI is InChI=1S/C24H20N2O4S6/c1-13-21(31-3)35-23(33-13)19(15-9-5-7-11-17(15)25(27)28)20(24-34-14(2)22(32-4)36-24)16-10-6-8-12-18(16)26(29)30/h5-12H,1-4H3/b23-19-,24-20+. The van der Waals surface area contributed by atoms with Gasteiger partial charge in [-0.05, 0) is 38.5 Å². The van der Waals surface area contributed by atoms with Gasteiger partial charge >= 0.3 is 0 Å². The molecule has 186 valence electrons. The van der Waals surface area contributed by atoms with Crippen molar-refractivity contribution in [2.24, 2.45) is 0 Å². The minimum Gasteiger partial charge on any atom is -0.258 e. The molecule has 0 bridgehead atoms. The zero-order valence-corrected chi connectivity index (χ0v) is 24.5. The molecule has 2 aromatic carbocycles. The van der Waals surface area contributed by atoms with E-state index in [1.807, 2.05) is 26.4 Å². The molecule has 2 aliphatic heterocycles. The van der Waals surface area contributed by atoms with E-state index < -0.39 is 0 Å². The lowest BCUT2D eigenvalue weighted by Crippen LogP contribution is -2.02. The fourth-order valence-corrected chi connectivity index (χ4v) is 11.2. The molecule has 12 heteroatoms. The van der Waals surface area contributed by atoms with Gasteiger partial charge in [0.25, 0.3) is 11.4 Å². The number of hydrogen-bond acceptors (Lipinski definition) is 10. The Morgan fingerprint density at radius 3 is 1.33 bits per heavy atom. The van der Waals surface area contributed by atoms with Crippen LogP contribution in [0.2, 0.25) is 0 Å². The van der Waals surface area contributed by atoms with Crippen LogP contribution in [0.5, 0.6) is 0 Å². The van der Waals surface area contributed by atoms with Crippen molar-refractivity contribution in [2.75, 3.05) is 12.5 Å². The number of hydrogen-bond donors (Lipinski definition) is 0. The molecule has 0 aliphatic carbocycles. The Hall–Kier alpha value is -1.70. The van der Waals surface area contributed by atoms with Gasteiger partial charge in [-0.1, -0.05) is 71.3 Å². The number of nitrogens with zero attached hydrogens (tertiary/aromatic N) is 2. The third-order valence-corrected chi connectivity index (χ3v) is 13.1. The van der Waals surface area contributed by atoms with Crippen LogP contribution in [-0.4, -0.2) is 22.4 Å². The lowest BCUT2D eigenvalue weighted by atomic mass is 9.92. The second kappa shape index (κ2) is 11.8. The van der Waals surface area contributed by atoms with Gasteiger partial charge in [0, 0.05) is 33.1 Å². The predicted octanol–water partition coefficient (Wildman–Crippen LogP) is 9.60. The summed E-state index contributed by atoms with van der Waals surface area (Å²) in [7, 11) is 0. The number of benzene rings is 2. The number of rotatable bonds is 7. The summed E-state index contributed by atoms with van der Waals surface area (Å²) in [6.45, 7) is 4.06. The molecule has 2 heterocycles. The normalized spacial score (nSPS) is 18.7. The smallest absolute Gasteiger partial charge is 0.258 e. The van der Waals surface area contributed by atoms with Crippen LogP contribution >= 0.6 is 70.6 Å². The molecular weight excluding hydrogens is 573 g/mol. The zero-order valence-electron chi connectivity index (χ0n) is 19.6. The minimum atomic E-state index is -0.386. The third kappa shape index (κ3) is 5.44. The van der Waals surface area contributed by atoms with Crippen molar-refractivity contribution in [3.05, 3.63) is 107 Å². The fourth-order valence-electron chi connectivity index (χ4n) is 3.67. The van der Waals surface area contributed by atoms with Crippen molar-refractivity contribution in [2.45, 2.75) is 13.8 Å². The highest BCUT2D eigenvalue weighted by molar-refractivity contribution is 8.36. The number of nitro groups is 2. The highest BCUT2D eigenvalue weighted by atomic mass is 32.2. The molecule has 0 amide bonds. The zero-order chi connectivity index (χ0) is 26.0. The van der Waals surface area contributed by atoms with Crippen molar-refractivity contribution in [1.82, 2.24) is 0 Å². The molecule has 0 aromatic heterocycles. The van der Waals surface area contributed by atoms with Crippen LogP contribution in [0, 0.1) is 20.2 Å². The van der Waals surface area contributed by atoms with Gasteiger partial charge in [-0.2, -0.15) is 0 Å². The van der Waals surface area contributed by atoms with Crippen molar-refractivity contribution < 1.29 is 9.85 Å². The number of thioether (sulfide) groups is 6. The largest absolute Gasteiger partial charge is 0.277 e. The number of nitro benzene ring substituents is 2. The third-order valence-electron chi connectivity index (χ3n) is 5.21. The summed E-state index contributed by atoms with van der Waals surface area (Å²) < 4.78 is 3.99. The van der Waals surface area contributed by atoms with Crippen molar-refractivity contribution in [3.63, 3.8) is 0 Å². The Bertz CT molecular complexity index is 1290. The average Bonchev–Trinajstić information content (AvgIpc) is 3.43. The van der Waals surface area contributed by atoms with E-state index in [1.54, 1.807) is 107 Å². The lowest BCUT2D eigenvalue weighted by molar-refractivity contribution is -0.385. The van der Waals surface area contributed by atoms with Crippen molar-refractivity contribution >= 4 is 93.1 Å². The molecule has 2 aliphatic rings. The van der Waals surface area contributed by atoms with Crippen molar-refractivity contribution in [3.8, 4) is 0 Å². The molecule has 4 rings (SSSR count). The van der Waals surface area contributed by atoms with Gasteiger partial charge < -0.3 is 0 Å². The van der Waals surface area contributed by atoms with Gasteiger partial charge in [-0.3, -0.25) is 20.2 Å². The maximum atomic E-state index is 12.1. The maximum Gasteiger partial charge on any atom is 0.277 e. The van der Waals surface area contributed by atoms with Gasteiger partial charge in [0.15, 0.2) is 0 Å². The van der Waals surface area contributed by atoms with E-state index in [2.05, 4.69) is 0 Å². The first-order valence-corrected chi connectivity index (χ1v) is 16.2. The first kappa shape index (κ1) is 27.3. The van der Waals surface area contributed by atoms with Gasteiger partial charge in [0.1, 0.15) is 0 Å². The highest BCUT2D eigenvalue weighted by Gasteiger charge is 2.34. The minimum absolute atomic E-state index is 0.0316. The van der Waals surface area contributed by atoms with Crippen LogP contribution in [0.4, 0.5) is 11.4 Å². The van der Waals surface area contributed by atoms with E-state index in [0.717, 1.165) is 26.8 Å². The average molecular weight is 593 g/mol. The molecule has 0 saturated heterocycles. The highest BCUT2D eigenvalue weighted by Crippen LogP contribution is 2.62. The summed E-state index contributed by atoms with van der Waals surface area (Å²) in [6.07, 6.45) is 4.00. The van der Waals surface area contributed by atoms with E-state index in [9.17, 15) is 20.2 Å². The molecule has 0 unspecified atom stereocenters. The van der Waals surface area contributed by atoms with Crippen molar-refractivity contribution in [1.29, 1.82) is 0 Å². The Morgan fingerprint density at radius 1 is 0.667 bits per heavy atom. The molecule has 0 atom stereocenters. The van der Waals surface area contributed by atoms with Gasteiger partial charge in [0.2, 0.25) is 0 Å². The van der Waals surface area contributed by atoms with Gasteiger partial charge in [-0.25, -0.2) is 0 Å². The molecule has 0 radical (unpaired) electrons. The summed E-state index contributed by atoms with van der Waals surface area (Å²) in [5.74, 6) is 0. The first-order valence-electron chi connectivity index (χ1n) is 10.4. The summed E-state index contributed by atoms with van der Waals surface area (Å²) >= 11 is 9.51. The van der Waals surface area contributed by atoms with Crippen LogP contribution in [-0.2, 0) is 0 Å². The van der Waals surface area contributed by atoms with Crippen LogP contribution in [0.25, 0.3) is 11.1 Å². The second-order valence-electron chi connectivity index (χ2n) is 7.38. The van der Waals surface area contributed by atoms with Crippen LogP contribution < -0.4 is 0 Å². The topological polar surface area (TPSA) is 86.3 Å². The quantitative estimate of drug-likeness (QED) is 0.229. The monoisotopic (exact) mass is 592 g/mol. The molecule has 36 heavy (non-hydrogen) atoms. The Kier molecular flexibility index (Phi) is 8.95. The molecule has 0 spiro atoms. The molecule has 0 N–H and O–H groups in total. The predicted molar refractivity (Wildman–Crippen MR) is 163 cm³/mol. The van der Waals surface area contributed by atoms with Crippen LogP contribution in [0.15, 0.2) is 75.3 Å². The molecule has 6 nitrogen and oxygen atoms in total. The fraction of sp³-hybridized carbons (Fsp3) is 0.167. The Morgan fingerprint density at radius 2 is 1.03 bits per heavy atom. The molecular formula is C24H20N2O4S6. The second-order valence-corrected chi connectivity index (χ2v) is 14.5. The summed E-state index contributed by atoms with van der Waals surface area (Å²) in [6, 6.07) is 13.3. The molecule has 2 aromatic rings. The Balaban J connectivity index is 2.11. The Labute approximate surface area is 234 Å². The van der Waals surface area contributed by atoms with E-state index in [0.29, 0.717) is 22.3 Å². The van der Waals surface area contributed by atoms with Gasteiger partial charge in [-0.15, -0.1) is 23.5 Å². The summed E-state index contributed by atoms with van der Waals surface area (Å²) in [5.41, 5.74) is 2.14. The van der Waals surface area contributed by atoms with E-state index in [-0.39, 0.29) is 21.2 Å². The van der Waals surface area contributed by atoms with Crippen LogP contribution in [0.1, 0.15) is 25.0 Å². The maximum absolute atomic E-state index is 12.1. The van der Waals surface area contributed by atoms with Crippen LogP contribution in [0.3, 0.4) is 0 Å². The lowest BCUT2D eigenvalue weighted by Gasteiger charge is -2.18. The SMILES string of the molecule is CSC1=C(C)S/C(=C(/C(=C2\SC(C)=C(SC)S2)c2ccccc2[N+](=O)[O-])c2ccccc2[N+](=O)[O-])S1. The van der Waals surface area contributed by atoms with E-state index in [1.165, 1.54) is 12.1 Å². The van der Waals surface area contributed by atoms with Gasteiger partial charge in [0.05, 0.1) is 37.9 Å². The molecule has 0 saturated carbocycles.